The second-order valence-electron chi connectivity index (χ2n) is 38.1. The van der Waals surface area contributed by atoms with E-state index in [1.165, 1.54) is 32.7 Å². The molecule has 0 atom stereocenters. The number of furan rings is 6. The quantitative estimate of drug-likeness (QED) is 0.0938. The van der Waals surface area contributed by atoms with E-state index in [2.05, 4.69) is 482 Å². The van der Waals surface area contributed by atoms with Crippen molar-refractivity contribution in [3.63, 3.8) is 0 Å². The lowest BCUT2D eigenvalue weighted by molar-refractivity contribution is 0.668. The van der Waals surface area contributed by atoms with Crippen LogP contribution in [0.3, 0.4) is 0 Å². The van der Waals surface area contributed by atoms with Gasteiger partial charge < -0.3 is 41.2 Å². The van der Waals surface area contributed by atoms with E-state index >= 15 is 0 Å². The molecule has 0 amide bonds. The van der Waals surface area contributed by atoms with Gasteiger partial charge in [0.25, 0.3) is 0 Å². The first kappa shape index (κ1) is 86.8. The van der Waals surface area contributed by atoms with Crippen molar-refractivity contribution < 1.29 is 26.5 Å². The van der Waals surface area contributed by atoms with E-state index in [1.54, 1.807) is 0 Å². The Morgan fingerprint density at radius 2 is 0.282 bits per heavy atom. The van der Waals surface area contributed by atoms with Crippen molar-refractivity contribution in [2.24, 2.45) is 0 Å². The van der Waals surface area contributed by atoms with Crippen molar-refractivity contribution in [3.05, 3.63) is 540 Å². The van der Waals surface area contributed by atoms with E-state index in [-0.39, 0.29) is 0 Å². The monoisotopic (exact) mass is 1910 g/mol. The second-order valence-corrected chi connectivity index (χ2v) is 38.1. The molecule has 0 N–H and O–H groups in total. The van der Waals surface area contributed by atoms with Crippen LogP contribution >= 0.6 is 0 Å². The minimum Gasteiger partial charge on any atom is -0.456 e. The van der Waals surface area contributed by atoms with Gasteiger partial charge in [0.05, 0.1) is 0 Å². The minimum absolute atomic E-state index is 0.876. The summed E-state index contributed by atoms with van der Waals surface area (Å²) in [7, 11) is 0. The topological polar surface area (TPSA) is 88.6 Å². The normalized spacial score (nSPS) is 11.6. The van der Waals surface area contributed by atoms with Crippen molar-refractivity contribution >= 4 is 204 Å². The zero-order valence-electron chi connectivity index (χ0n) is 80.7. The van der Waals surface area contributed by atoms with Gasteiger partial charge >= 0.3 is 0 Å². The summed E-state index contributed by atoms with van der Waals surface area (Å²) < 4.78 is 38.1. The Hall–Kier alpha value is -20.0. The van der Waals surface area contributed by atoms with Gasteiger partial charge in [-0.25, -0.2) is 0 Å². The third-order valence-corrected chi connectivity index (χ3v) is 29.1. The van der Waals surface area contributed by atoms with E-state index in [1.807, 2.05) is 72.8 Å². The average molecular weight is 1910 g/mol. The molecule has 0 aliphatic carbocycles. The third-order valence-electron chi connectivity index (χ3n) is 29.1. The Bertz CT molecular complexity index is 9620. The van der Waals surface area contributed by atoms with Crippen LogP contribution in [0.1, 0.15) is 0 Å². The molecule has 149 heavy (non-hydrogen) atoms. The van der Waals surface area contributed by atoms with Crippen LogP contribution in [0.5, 0.6) is 0 Å². The van der Waals surface area contributed by atoms with Gasteiger partial charge in [0.1, 0.15) is 67.0 Å². The Morgan fingerprint density at radius 1 is 0.0940 bits per heavy atom. The lowest BCUT2D eigenvalue weighted by Gasteiger charge is -2.27. The number of anilines is 9. The van der Waals surface area contributed by atoms with Crippen molar-refractivity contribution in [2.75, 3.05) is 14.7 Å². The highest BCUT2D eigenvalue weighted by molar-refractivity contribution is 6.13. The van der Waals surface area contributed by atoms with Gasteiger partial charge in [-0.3, -0.25) is 0 Å². The number of nitrogens with zero attached hydrogens (tertiary/aromatic N) is 3. The van der Waals surface area contributed by atoms with Crippen LogP contribution in [0, 0.1) is 0 Å². The summed E-state index contributed by atoms with van der Waals surface area (Å²) in [5, 5.41) is 18.3. The summed E-state index contributed by atoms with van der Waals surface area (Å²) in [5.74, 6) is 0. The SMILES string of the molecule is c1ccc(-c2ccc(N(c3ccccc3)c3cc(-c4ccc5c(c4)oc4ccccc45)cc(-c4ccc5c(c4)oc4ccccc45)c3)cc2)cc1.c1ccc(N(c2cc(-c3ccc4c(c3)oc3ccccc34)cc(-c3ccc4c(c3)oc3ccccc34)c2)c2ccc3ccccc3c2)cc1.c1ccc(N(c2cc(-c3ccc4c(c3)oc3ccccc34)cc(-c3ccc4c(c3)oc3ccccc34)c2)c2ccc3ccccc3c2)cc1. The molecule has 30 rings (SSSR count). The van der Waals surface area contributed by atoms with Gasteiger partial charge in [0.15, 0.2) is 0 Å². The molecule has 30 aromatic rings. The summed E-state index contributed by atoms with van der Waals surface area (Å²) in [6, 6.07) is 191. The highest BCUT2D eigenvalue weighted by Gasteiger charge is 2.25. The number of benzene rings is 24. The number of rotatable bonds is 16. The first-order valence-corrected chi connectivity index (χ1v) is 50.4. The van der Waals surface area contributed by atoms with Crippen molar-refractivity contribution in [3.8, 4) is 77.9 Å². The van der Waals surface area contributed by atoms with Gasteiger partial charge in [-0.2, -0.15) is 0 Å². The molecule has 0 aliphatic rings. The number of fused-ring (bicyclic) bond motifs is 20. The molecule has 0 fully saturated rings. The van der Waals surface area contributed by atoms with E-state index in [4.69, 9.17) is 26.5 Å². The predicted octanol–water partition coefficient (Wildman–Crippen LogP) is 40.8. The van der Waals surface area contributed by atoms with E-state index in [0.717, 1.165) is 250 Å². The second kappa shape index (κ2) is 36.8. The lowest BCUT2D eigenvalue weighted by Crippen LogP contribution is -2.10. The van der Waals surface area contributed by atoms with Crippen LogP contribution in [0.2, 0.25) is 0 Å². The number of hydrogen-bond acceptors (Lipinski definition) is 9. The average Bonchev–Trinajstić information content (AvgIpc) is 1.66. The summed E-state index contributed by atoms with van der Waals surface area (Å²) in [4.78, 5) is 7.03. The maximum Gasteiger partial charge on any atom is 0.136 e. The molecule has 0 aliphatic heterocycles. The lowest BCUT2D eigenvalue weighted by atomic mass is 9.96. The fourth-order valence-electron chi connectivity index (χ4n) is 21.8. The molecule has 0 bridgehead atoms. The number of hydrogen-bond donors (Lipinski definition) is 0. The van der Waals surface area contributed by atoms with Crippen LogP contribution in [-0.4, -0.2) is 0 Å². The van der Waals surface area contributed by atoms with Crippen LogP contribution < -0.4 is 14.7 Å². The maximum absolute atomic E-state index is 6.35. The van der Waals surface area contributed by atoms with Gasteiger partial charge in [-0.15, -0.1) is 0 Å². The molecule has 0 radical (unpaired) electrons. The summed E-state index contributed by atoms with van der Waals surface area (Å²) in [5.41, 5.74) is 35.8. The molecule has 9 heteroatoms. The Balaban J connectivity index is 0.000000108. The van der Waals surface area contributed by atoms with Gasteiger partial charge in [-0.05, 0) is 336 Å². The van der Waals surface area contributed by atoms with E-state index in [9.17, 15) is 0 Å². The molecule has 0 saturated heterocycles. The third kappa shape index (κ3) is 16.2. The van der Waals surface area contributed by atoms with Gasteiger partial charge in [0, 0.05) is 116 Å². The molecular formula is C140H89N3O6. The fraction of sp³-hybridized carbons (Fsp3) is 0. The predicted molar refractivity (Wildman–Crippen MR) is 620 cm³/mol. The molecular weight excluding hydrogens is 1820 g/mol. The van der Waals surface area contributed by atoms with Crippen molar-refractivity contribution in [1.82, 2.24) is 0 Å². The van der Waals surface area contributed by atoms with Crippen molar-refractivity contribution in [2.45, 2.75) is 0 Å². The molecule has 6 aromatic heterocycles. The van der Waals surface area contributed by atoms with Crippen LogP contribution in [0.25, 0.3) is 231 Å². The van der Waals surface area contributed by atoms with Crippen LogP contribution in [0.4, 0.5) is 51.2 Å². The maximum atomic E-state index is 6.35. The Morgan fingerprint density at radius 3 is 0.544 bits per heavy atom. The standard InChI is InChI=1S/C48H31NO2.2C46H29NO2/c1-3-11-32(12-4-1)33-19-23-39(24-20-33)49(38-13-5-2-6-14-38)40-28-36(34-21-25-43-41-15-7-9-17-45(41)50-47(43)30-34)27-37(29-40)35-22-26-44-42-16-8-10-18-46(42)51-48(44)31-35;2*1-2-12-36(13-3-1)47(37-21-18-30-10-4-5-11-31(30)25-37)38-26-34(32-19-22-41-39-14-6-8-16-43(39)48-45(41)28-32)24-35(27-38)33-20-23-42-40-15-7-9-17-44(40)49-46(42)29-33/h1-31H;2*1-29H. The van der Waals surface area contributed by atoms with Gasteiger partial charge in [-0.1, -0.05) is 303 Å². The smallest absolute Gasteiger partial charge is 0.136 e. The Kier molecular flexibility index (Phi) is 21.4. The highest BCUT2D eigenvalue weighted by atomic mass is 16.3. The van der Waals surface area contributed by atoms with E-state index < -0.39 is 0 Å². The molecule has 6 heterocycles. The fourth-order valence-corrected chi connectivity index (χ4v) is 21.8. The first-order chi connectivity index (χ1) is 73.7. The molecule has 24 aromatic carbocycles. The summed E-state index contributed by atoms with van der Waals surface area (Å²) >= 11 is 0. The van der Waals surface area contributed by atoms with E-state index in [0.29, 0.717) is 0 Å². The Labute approximate surface area is 857 Å². The number of para-hydroxylation sites is 9. The van der Waals surface area contributed by atoms with Gasteiger partial charge in [0.2, 0.25) is 0 Å². The zero-order chi connectivity index (χ0) is 98.4. The first-order valence-electron chi connectivity index (χ1n) is 50.4. The minimum atomic E-state index is 0.876. The van der Waals surface area contributed by atoms with Crippen LogP contribution in [-0.2, 0) is 0 Å². The molecule has 0 spiro atoms. The molecule has 9 nitrogen and oxygen atoms in total. The summed E-state index contributed by atoms with van der Waals surface area (Å²) in [6.45, 7) is 0. The molecule has 0 unspecified atom stereocenters. The zero-order valence-corrected chi connectivity index (χ0v) is 80.7. The summed E-state index contributed by atoms with van der Waals surface area (Å²) in [6.07, 6.45) is 0. The molecule has 0 saturated carbocycles. The molecule has 700 valence electrons. The largest absolute Gasteiger partial charge is 0.456 e. The highest BCUT2D eigenvalue weighted by Crippen LogP contribution is 2.50. The van der Waals surface area contributed by atoms with Crippen LogP contribution in [0.15, 0.2) is 566 Å². The van der Waals surface area contributed by atoms with Crippen molar-refractivity contribution in [1.29, 1.82) is 0 Å².